The average molecular weight is 602 g/mol. The largest absolute Gasteiger partial charge is 0.255 e. The minimum absolute atomic E-state index is 0.664. The highest BCUT2D eigenvalue weighted by Gasteiger charge is 2.12. The monoisotopic (exact) mass is 601 g/mol. The standard InChI is InChI=1S/C44H31N3/c1-3-4-5-9-30(2)43-27-39(28-44(47-43)42-12-6-7-23-46-42)40-11-8-10-37-24-36(21-22-41(37)40)35-20-18-33-17-19-34(25-38(33)26-35)32-15-13-31(29-45)14-16-32/h3-28H,2H2,1H3/b4-3-,9-5-. The van der Waals surface area contributed by atoms with E-state index in [1.807, 2.05) is 73.7 Å². The van der Waals surface area contributed by atoms with Gasteiger partial charge in [-0.1, -0.05) is 104 Å². The molecule has 0 aliphatic carbocycles. The van der Waals surface area contributed by atoms with Crippen LogP contribution in [0, 0.1) is 11.3 Å². The predicted octanol–water partition coefficient (Wildman–Crippen LogP) is 11.5. The van der Waals surface area contributed by atoms with Crippen molar-refractivity contribution in [1.82, 2.24) is 9.97 Å². The van der Waals surface area contributed by atoms with Crippen LogP contribution in [0.1, 0.15) is 18.2 Å². The van der Waals surface area contributed by atoms with Gasteiger partial charge in [-0.2, -0.15) is 5.26 Å². The van der Waals surface area contributed by atoms with E-state index in [-0.39, 0.29) is 0 Å². The molecular weight excluding hydrogens is 571 g/mol. The molecule has 7 rings (SSSR count). The number of benzene rings is 5. The Kier molecular flexibility index (Phi) is 8.07. The van der Waals surface area contributed by atoms with Gasteiger partial charge < -0.3 is 0 Å². The second-order valence-electron chi connectivity index (χ2n) is 11.5. The Morgan fingerprint density at radius 3 is 2.09 bits per heavy atom. The summed E-state index contributed by atoms with van der Waals surface area (Å²) in [6.45, 7) is 6.30. The number of nitriles is 1. The molecule has 0 unspecified atom stereocenters. The van der Waals surface area contributed by atoms with E-state index in [0.29, 0.717) is 5.56 Å². The number of pyridine rings is 2. The molecule has 0 saturated carbocycles. The third-order valence-corrected chi connectivity index (χ3v) is 8.39. The first-order chi connectivity index (χ1) is 23.1. The van der Waals surface area contributed by atoms with Crippen molar-refractivity contribution in [1.29, 1.82) is 5.26 Å². The van der Waals surface area contributed by atoms with Crippen LogP contribution >= 0.6 is 0 Å². The van der Waals surface area contributed by atoms with Crippen LogP contribution in [0.15, 0.2) is 164 Å². The van der Waals surface area contributed by atoms with Crippen molar-refractivity contribution in [3.8, 4) is 50.8 Å². The van der Waals surface area contributed by atoms with E-state index in [2.05, 4.69) is 103 Å². The lowest BCUT2D eigenvalue weighted by Crippen LogP contribution is -1.94. The van der Waals surface area contributed by atoms with Gasteiger partial charge in [0.25, 0.3) is 0 Å². The maximum atomic E-state index is 9.17. The van der Waals surface area contributed by atoms with Crippen molar-refractivity contribution in [3.05, 3.63) is 176 Å². The fourth-order valence-electron chi connectivity index (χ4n) is 5.92. The van der Waals surface area contributed by atoms with Gasteiger partial charge in [-0.3, -0.25) is 4.98 Å². The van der Waals surface area contributed by atoms with E-state index < -0.39 is 0 Å². The van der Waals surface area contributed by atoms with Crippen molar-refractivity contribution >= 4 is 27.1 Å². The van der Waals surface area contributed by atoms with Crippen molar-refractivity contribution in [2.24, 2.45) is 0 Å². The SMILES string of the molecule is C=C(/C=C\C=C/C)c1cc(-c2cccc3cc(-c4ccc5ccc(-c6ccc(C#N)cc6)cc5c4)ccc23)cc(-c2ccccn2)n1. The molecule has 0 saturated heterocycles. The molecule has 222 valence electrons. The number of allylic oxidation sites excluding steroid dienone is 5. The van der Waals surface area contributed by atoms with Gasteiger partial charge in [-0.15, -0.1) is 0 Å². The molecule has 0 spiro atoms. The second-order valence-corrected chi connectivity index (χ2v) is 11.5. The zero-order valence-electron chi connectivity index (χ0n) is 26.1. The zero-order chi connectivity index (χ0) is 32.2. The normalized spacial score (nSPS) is 11.4. The number of hydrogen-bond acceptors (Lipinski definition) is 3. The number of aromatic nitrogens is 2. The lowest BCUT2D eigenvalue weighted by Gasteiger charge is -2.13. The van der Waals surface area contributed by atoms with Gasteiger partial charge in [-0.25, -0.2) is 4.98 Å². The van der Waals surface area contributed by atoms with Crippen LogP contribution in [0.2, 0.25) is 0 Å². The summed E-state index contributed by atoms with van der Waals surface area (Å²) in [5.74, 6) is 0. The van der Waals surface area contributed by atoms with Crippen LogP contribution in [0.3, 0.4) is 0 Å². The summed E-state index contributed by atoms with van der Waals surface area (Å²) in [6, 6.07) is 46.4. The van der Waals surface area contributed by atoms with Crippen LogP contribution in [0.4, 0.5) is 0 Å². The third kappa shape index (κ3) is 6.14. The Bertz CT molecular complexity index is 2370. The van der Waals surface area contributed by atoms with E-state index >= 15 is 0 Å². The Morgan fingerprint density at radius 1 is 0.638 bits per heavy atom. The van der Waals surface area contributed by atoms with Crippen LogP contribution in [0.25, 0.3) is 71.9 Å². The summed E-state index contributed by atoms with van der Waals surface area (Å²) in [5.41, 5.74) is 10.7. The van der Waals surface area contributed by atoms with Crippen LogP contribution in [-0.2, 0) is 0 Å². The molecule has 7 aromatic rings. The summed E-state index contributed by atoms with van der Waals surface area (Å²) in [6.07, 6.45) is 9.74. The molecule has 0 radical (unpaired) electrons. The highest BCUT2D eigenvalue weighted by atomic mass is 14.8. The quantitative estimate of drug-likeness (QED) is 0.171. The van der Waals surface area contributed by atoms with Crippen LogP contribution in [-0.4, -0.2) is 9.97 Å². The van der Waals surface area contributed by atoms with E-state index in [1.165, 1.54) is 16.2 Å². The Hall–Kier alpha value is -6.37. The Balaban J connectivity index is 1.28. The van der Waals surface area contributed by atoms with Gasteiger partial charge in [0.2, 0.25) is 0 Å². The van der Waals surface area contributed by atoms with E-state index in [9.17, 15) is 5.26 Å². The molecule has 5 aromatic carbocycles. The number of rotatable bonds is 7. The number of fused-ring (bicyclic) bond motifs is 2. The average Bonchev–Trinajstić information content (AvgIpc) is 3.14. The lowest BCUT2D eigenvalue weighted by atomic mass is 9.93. The van der Waals surface area contributed by atoms with Gasteiger partial charge in [0.05, 0.1) is 28.7 Å². The minimum atomic E-state index is 0.664. The first-order valence-corrected chi connectivity index (χ1v) is 15.6. The van der Waals surface area contributed by atoms with Crippen molar-refractivity contribution in [3.63, 3.8) is 0 Å². The molecule has 3 nitrogen and oxygen atoms in total. The molecule has 0 aliphatic heterocycles. The van der Waals surface area contributed by atoms with Gasteiger partial charge in [0.15, 0.2) is 0 Å². The van der Waals surface area contributed by atoms with E-state index in [0.717, 1.165) is 61.4 Å². The first-order valence-electron chi connectivity index (χ1n) is 15.6. The van der Waals surface area contributed by atoms with Gasteiger partial charge in [-0.05, 0) is 122 Å². The fraction of sp³-hybridized carbons (Fsp3) is 0.0227. The van der Waals surface area contributed by atoms with E-state index in [4.69, 9.17) is 4.98 Å². The number of nitrogens with zero attached hydrogens (tertiary/aromatic N) is 3. The number of hydrogen-bond donors (Lipinski definition) is 0. The van der Waals surface area contributed by atoms with Crippen LogP contribution in [0.5, 0.6) is 0 Å². The summed E-state index contributed by atoms with van der Waals surface area (Å²) >= 11 is 0. The molecule has 0 fully saturated rings. The van der Waals surface area contributed by atoms with Gasteiger partial charge in [0.1, 0.15) is 0 Å². The van der Waals surface area contributed by atoms with Crippen molar-refractivity contribution in [2.75, 3.05) is 0 Å². The molecule has 0 N–H and O–H groups in total. The Labute approximate surface area is 275 Å². The summed E-state index contributed by atoms with van der Waals surface area (Å²) < 4.78 is 0. The molecular formula is C44H31N3. The third-order valence-electron chi connectivity index (χ3n) is 8.39. The highest BCUT2D eigenvalue weighted by Crippen LogP contribution is 2.35. The molecule has 47 heavy (non-hydrogen) atoms. The zero-order valence-corrected chi connectivity index (χ0v) is 26.1. The van der Waals surface area contributed by atoms with Gasteiger partial charge >= 0.3 is 0 Å². The topological polar surface area (TPSA) is 49.6 Å². The minimum Gasteiger partial charge on any atom is -0.255 e. The summed E-state index contributed by atoms with van der Waals surface area (Å²) in [4.78, 5) is 9.53. The van der Waals surface area contributed by atoms with Crippen LogP contribution < -0.4 is 0 Å². The molecule has 0 amide bonds. The summed E-state index contributed by atoms with van der Waals surface area (Å²) in [5, 5.41) is 13.9. The maximum absolute atomic E-state index is 9.17. The van der Waals surface area contributed by atoms with E-state index in [1.54, 1.807) is 6.20 Å². The molecule has 3 heteroatoms. The molecule has 0 atom stereocenters. The fourth-order valence-corrected chi connectivity index (χ4v) is 5.92. The molecule has 2 aromatic heterocycles. The predicted molar refractivity (Wildman–Crippen MR) is 196 cm³/mol. The van der Waals surface area contributed by atoms with Crippen molar-refractivity contribution < 1.29 is 0 Å². The maximum Gasteiger partial charge on any atom is 0.0991 e. The highest BCUT2D eigenvalue weighted by molar-refractivity contribution is 6.00. The first kappa shape index (κ1) is 29.3. The van der Waals surface area contributed by atoms with Gasteiger partial charge in [0, 0.05) is 6.20 Å². The molecule has 0 bridgehead atoms. The molecule has 0 aliphatic rings. The summed E-state index contributed by atoms with van der Waals surface area (Å²) in [7, 11) is 0. The smallest absolute Gasteiger partial charge is 0.0991 e. The lowest BCUT2D eigenvalue weighted by molar-refractivity contribution is 1.23. The van der Waals surface area contributed by atoms with Crippen molar-refractivity contribution in [2.45, 2.75) is 6.92 Å². The second kappa shape index (κ2) is 12.9. The molecule has 2 heterocycles. The Morgan fingerprint density at radius 2 is 1.36 bits per heavy atom.